The number of carboxylic acids is 1. The van der Waals surface area contributed by atoms with Gasteiger partial charge < -0.3 is 15.3 Å². The summed E-state index contributed by atoms with van der Waals surface area (Å²) in [6.07, 6.45) is 4.22. The van der Waals surface area contributed by atoms with Gasteiger partial charge in [-0.1, -0.05) is 37.8 Å². The van der Waals surface area contributed by atoms with E-state index < -0.39 is 5.97 Å². The number of ketones is 1. The van der Waals surface area contributed by atoms with E-state index in [1.807, 2.05) is 48.3 Å². The van der Waals surface area contributed by atoms with Crippen LogP contribution in [-0.4, -0.2) is 29.8 Å². The van der Waals surface area contributed by atoms with Crippen molar-refractivity contribution in [1.82, 2.24) is 0 Å². The minimum absolute atomic E-state index is 0.0591. The van der Waals surface area contributed by atoms with Crippen LogP contribution in [0.2, 0.25) is 5.02 Å². The van der Waals surface area contributed by atoms with E-state index in [0.29, 0.717) is 22.7 Å². The van der Waals surface area contributed by atoms with Crippen molar-refractivity contribution in [3.63, 3.8) is 0 Å². The maximum absolute atomic E-state index is 13.2. The molecular weight excluding hydrogens is 464 g/mol. The Kier molecular flexibility index (Phi) is 9.04. The predicted molar refractivity (Wildman–Crippen MR) is 140 cm³/mol. The molecule has 0 radical (unpaired) electrons. The van der Waals surface area contributed by atoms with Crippen LogP contribution in [0.1, 0.15) is 65.3 Å². The summed E-state index contributed by atoms with van der Waals surface area (Å²) in [6, 6.07) is 18.7. The lowest BCUT2D eigenvalue weighted by Crippen LogP contribution is -2.13. The van der Waals surface area contributed by atoms with Gasteiger partial charge in [0.25, 0.3) is 0 Å². The Labute approximate surface area is 210 Å². The topological polar surface area (TPSA) is 86.7 Å². The third-order valence-corrected chi connectivity index (χ3v) is 5.97. The van der Waals surface area contributed by atoms with E-state index in [0.717, 1.165) is 37.1 Å². The van der Waals surface area contributed by atoms with Gasteiger partial charge in [-0.3, -0.25) is 9.59 Å². The van der Waals surface area contributed by atoms with Crippen LogP contribution < -0.4 is 10.2 Å². The van der Waals surface area contributed by atoms with Crippen LogP contribution in [0.25, 0.3) is 0 Å². The highest BCUT2D eigenvalue weighted by Crippen LogP contribution is 2.26. The fourth-order valence-corrected chi connectivity index (χ4v) is 3.83. The number of benzene rings is 3. The molecule has 0 aliphatic rings. The van der Waals surface area contributed by atoms with Gasteiger partial charge in [-0.2, -0.15) is 0 Å². The van der Waals surface area contributed by atoms with Crippen LogP contribution in [0.5, 0.6) is 0 Å². The Morgan fingerprint density at radius 2 is 1.43 bits per heavy atom. The number of unbranched alkanes of at least 4 members (excludes halogenated alkanes) is 3. The molecule has 6 nitrogen and oxygen atoms in total. The quantitative estimate of drug-likeness (QED) is 0.223. The highest BCUT2D eigenvalue weighted by molar-refractivity contribution is 6.30. The number of anilines is 3. The summed E-state index contributed by atoms with van der Waals surface area (Å²) in [5.41, 5.74) is 2.67. The average molecular weight is 493 g/mol. The number of carboxylic acid groups (broad SMARTS) is 1. The molecular formula is C28H29ClN2O4. The first kappa shape index (κ1) is 26.0. The van der Waals surface area contributed by atoms with Crippen LogP contribution in [0.15, 0.2) is 66.7 Å². The smallest absolute Gasteiger partial charge is 0.335 e. The molecule has 0 unspecified atom stereocenters. The van der Waals surface area contributed by atoms with Crippen molar-refractivity contribution in [3.8, 4) is 0 Å². The second-order valence-corrected chi connectivity index (χ2v) is 8.81. The summed E-state index contributed by atoms with van der Waals surface area (Å²) in [5.74, 6) is -1.69. The van der Waals surface area contributed by atoms with Crippen LogP contribution in [-0.2, 0) is 4.79 Å². The number of nitrogens with zero attached hydrogens (tertiary/aromatic N) is 1. The normalized spacial score (nSPS) is 10.6. The van der Waals surface area contributed by atoms with E-state index in [4.69, 9.17) is 11.6 Å². The first-order valence-corrected chi connectivity index (χ1v) is 12.0. The Hall–Kier alpha value is -3.64. The van der Waals surface area contributed by atoms with Crippen molar-refractivity contribution in [2.75, 3.05) is 17.3 Å². The predicted octanol–water partition coefficient (Wildman–Crippen LogP) is 6.95. The highest BCUT2D eigenvalue weighted by atomic mass is 35.5. The summed E-state index contributed by atoms with van der Waals surface area (Å²) < 4.78 is 0. The number of hydrogen-bond acceptors (Lipinski definition) is 4. The van der Waals surface area contributed by atoms with E-state index in [1.165, 1.54) is 18.2 Å². The lowest BCUT2D eigenvalue weighted by Gasteiger charge is -2.19. The second-order valence-electron chi connectivity index (χ2n) is 8.37. The molecule has 0 aliphatic carbocycles. The number of carbonyl (C=O) groups excluding carboxylic acids is 2. The van der Waals surface area contributed by atoms with E-state index in [1.54, 1.807) is 12.1 Å². The Bertz CT molecular complexity index is 1190. The van der Waals surface area contributed by atoms with Gasteiger partial charge in [0, 0.05) is 46.7 Å². The number of halogens is 1. The van der Waals surface area contributed by atoms with Gasteiger partial charge in [0.2, 0.25) is 5.91 Å². The molecule has 1 amide bonds. The van der Waals surface area contributed by atoms with Gasteiger partial charge in [0.15, 0.2) is 5.78 Å². The number of nitrogens with one attached hydrogen (secondary N) is 1. The number of carbonyl (C=O) groups is 3. The van der Waals surface area contributed by atoms with Crippen molar-refractivity contribution in [1.29, 1.82) is 0 Å². The number of amides is 1. The van der Waals surface area contributed by atoms with Crippen LogP contribution in [0.3, 0.4) is 0 Å². The van der Waals surface area contributed by atoms with Crippen molar-refractivity contribution >= 4 is 46.3 Å². The van der Waals surface area contributed by atoms with Gasteiger partial charge in [0.05, 0.1) is 5.56 Å². The van der Waals surface area contributed by atoms with Crippen LogP contribution in [0.4, 0.5) is 17.1 Å². The molecule has 0 bridgehead atoms. The fourth-order valence-electron chi connectivity index (χ4n) is 3.71. The number of hydrogen-bond donors (Lipinski definition) is 2. The van der Waals surface area contributed by atoms with E-state index in [2.05, 4.69) is 12.2 Å². The van der Waals surface area contributed by atoms with E-state index in [-0.39, 0.29) is 22.8 Å². The minimum Gasteiger partial charge on any atom is -0.478 e. The molecule has 0 spiro atoms. The van der Waals surface area contributed by atoms with Crippen molar-refractivity contribution in [3.05, 3.63) is 88.4 Å². The standard InChI is InChI=1S/C28H29ClN2O4/c1-3-4-5-6-7-26(32)30-23-17-20(16-21(18-23)28(34)35)27(33)19-8-12-24(13-9-19)31(2)25-14-10-22(29)11-15-25/h8-18H,3-7H2,1-2H3,(H,30,32)(H,34,35). The molecule has 3 aromatic carbocycles. The van der Waals surface area contributed by atoms with Crippen molar-refractivity contribution in [2.45, 2.75) is 39.0 Å². The summed E-state index contributed by atoms with van der Waals surface area (Å²) in [5, 5.41) is 12.9. The van der Waals surface area contributed by atoms with Gasteiger partial charge in [-0.05, 0) is 73.2 Å². The van der Waals surface area contributed by atoms with Gasteiger partial charge in [-0.25, -0.2) is 4.79 Å². The Morgan fingerprint density at radius 3 is 2.03 bits per heavy atom. The van der Waals surface area contributed by atoms with Gasteiger partial charge >= 0.3 is 5.97 Å². The zero-order chi connectivity index (χ0) is 25.4. The average Bonchev–Trinajstić information content (AvgIpc) is 2.86. The highest BCUT2D eigenvalue weighted by Gasteiger charge is 2.16. The van der Waals surface area contributed by atoms with Gasteiger partial charge in [-0.15, -0.1) is 0 Å². The summed E-state index contributed by atoms with van der Waals surface area (Å²) in [6.45, 7) is 2.10. The lowest BCUT2D eigenvalue weighted by atomic mass is 10.00. The second kappa shape index (κ2) is 12.2. The van der Waals surface area contributed by atoms with Gasteiger partial charge in [0.1, 0.15) is 0 Å². The third kappa shape index (κ3) is 7.17. The largest absolute Gasteiger partial charge is 0.478 e. The monoisotopic (exact) mass is 492 g/mol. The van der Waals surface area contributed by atoms with Crippen molar-refractivity contribution in [2.24, 2.45) is 0 Å². The molecule has 3 rings (SSSR count). The lowest BCUT2D eigenvalue weighted by molar-refractivity contribution is -0.116. The molecule has 7 heteroatoms. The molecule has 0 saturated heterocycles. The fraction of sp³-hybridized carbons (Fsp3) is 0.250. The van der Waals surface area contributed by atoms with E-state index >= 15 is 0 Å². The number of rotatable bonds is 11. The molecule has 0 fully saturated rings. The van der Waals surface area contributed by atoms with E-state index in [9.17, 15) is 19.5 Å². The molecule has 0 heterocycles. The maximum Gasteiger partial charge on any atom is 0.335 e. The molecule has 182 valence electrons. The first-order valence-electron chi connectivity index (χ1n) is 11.6. The molecule has 0 aromatic heterocycles. The molecule has 0 saturated carbocycles. The minimum atomic E-state index is -1.17. The molecule has 0 atom stereocenters. The third-order valence-electron chi connectivity index (χ3n) is 5.71. The van der Waals surface area contributed by atoms with Crippen LogP contribution in [0, 0.1) is 0 Å². The summed E-state index contributed by atoms with van der Waals surface area (Å²) >= 11 is 5.96. The Morgan fingerprint density at radius 1 is 0.829 bits per heavy atom. The Balaban J connectivity index is 1.77. The SMILES string of the molecule is CCCCCCC(=O)Nc1cc(C(=O)O)cc(C(=O)c2ccc(N(C)c3ccc(Cl)cc3)cc2)c1. The number of aromatic carboxylic acids is 1. The molecule has 35 heavy (non-hydrogen) atoms. The summed E-state index contributed by atoms with van der Waals surface area (Å²) in [7, 11) is 1.91. The zero-order valence-electron chi connectivity index (χ0n) is 19.9. The van der Waals surface area contributed by atoms with Crippen molar-refractivity contribution < 1.29 is 19.5 Å². The molecule has 2 N–H and O–H groups in total. The maximum atomic E-state index is 13.2. The van der Waals surface area contributed by atoms with Crippen LogP contribution >= 0.6 is 11.6 Å². The zero-order valence-corrected chi connectivity index (χ0v) is 20.6. The molecule has 0 aliphatic heterocycles. The summed E-state index contributed by atoms with van der Waals surface area (Å²) in [4.78, 5) is 39.0. The first-order chi connectivity index (χ1) is 16.8. The molecule has 3 aromatic rings.